The largest absolute Gasteiger partial charge is 0.452 e. The minimum absolute atomic E-state index is 0.00731. The van der Waals surface area contributed by atoms with Gasteiger partial charge in [0, 0.05) is 16.5 Å². The van der Waals surface area contributed by atoms with Crippen LogP contribution in [0.25, 0.3) is 0 Å². The van der Waals surface area contributed by atoms with Gasteiger partial charge in [-0.15, -0.1) is 0 Å². The van der Waals surface area contributed by atoms with E-state index in [0.717, 1.165) is 25.9 Å². The Bertz CT molecular complexity index is 846. The summed E-state index contributed by atoms with van der Waals surface area (Å²) < 4.78 is 6.83. The molecule has 2 rings (SSSR count). The first kappa shape index (κ1) is 26.9. The Morgan fingerprint density at radius 3 is 1.81 bits per heavy atom. The molecule has 2 heteroatoms. The van der Waals surface area contributed by atoms with E-state index < -0.39 is 0 Å². The highest BCUT2D eigenvalue weighted by molar-refractivity contribution is 7.44. The molecule has 0 spiro atoms. The molecule has 178 valence electrons. The van der Waals surface area contributed by atoms with Gasteiger partial charge in [-0.1, -0.05) is 113 Å². The van der Waals surface area contributed by atoms with Crippen molar-refractivity contribution in [2.24, 2.45) is 5.41 Å². The van der Waals surface area contributed by atoms with Crippen molar-refractivity contribution in [3.63, 3.8) is 0 Å². The fourth-order valence-electron chi connectivity index (χ4n) is 4.13. The fourth-order valence-corrected chi connectivity index (χ4v) is 4.95. The molecule has 1 nitrogen and oxygen atoms in total. The van der Waals surface area contributed by atoms with Gasteiger partial charge in [-0.05, 0) is 54.7 Å². The van der Waals surface area contributed by atoms with Crippen molar-refractivity contribution in [1.29, 1.82) is 0 Å². The van der Waals surface area contributed by atoms with E-state index in [2.05, 4.69) is 112 Å². The quantitative estimate of drug-likeness (QED) is 0.389. The lowest BCUT2D eigenvalue weighted by Crippen LogP contribution is -2.24. The molecule has 0 aromatic heterocycles. The minimum Gasteiger partial charge on any atom is -0.452 e. The Morgan fingerprint density at radius 2 is 1.38 bits per heavy atom. The van der Waals surface area contributed by atoms with Crippen LogP contribution in [0.3, 0.4) is 0 Å². The molecule has 1 heterocycles. The second-order valence-corrected chi connectivity index (χ2v) is 13.6. The summed E-state index contributed by atoms with van der Waals surface area (Å²) in [5, 5.41) is 0. The third-order valence-electron chi connectivity index (χ3n) is 6.60. The summed E-state index contributed by atoms with van der Waals surface area (Å²) in [4.78, 5) is 0. The van der Waals surface area contributed by atoms with E-state index in [0.29, 0.717) is 0 Å². The maximum absolute atomic E-state index is 6.83. The average molecular weight is 455 g/mol. The molecule has 1 atom stereocenters. The van der Waals surface area contributed by atoms with E-state index in [9.17, 15) is 0 Å². The molecule has 1 aliphatic rings. The van der Waals surface area contributed by atoms with Crippen LogP contribution in [0, 0.1) is 5.41 Å². The summed E-state index contributed by atoms with van der Waals surface area (Å²) >= 11 is 0. The number of rotatable bonds is 6. The van der Waals surface area contributed by atoms with Crippen molar-refractivity contribution < 1.29 is 4.74 Å². The van der Waals surface area contributed by atoms with E-state index in [1.54, 1.807) is 0 Å². The van der Waals surface area contributed by atoms with Crippen molar-refractivity contribution in [2.45, 2.75) is 118 Å². The zero-order valence-corrected chi connectivity index (χ0v) is 23.5. The van der Waals surface area contributed by atoms with E-state index in [4.69, 9.17) is 4.74 Å². The van der Waals surface area contributed by atoms with Gasteiger partial charge in [-0.2, -0.15) is 0 Å². The molecule has 1 aromatic rings. The van der Waals surface area contributed by atoms with E-state index >= 15 is 0 Å². The topological polar surface area (TPSA) is 9.23 Å². The van der Waals surface area contributed by atoms with Crippen molar-refractivity contribution in [3.05, 3.63) is 52.9 Å². The van der Waals surface area contributed by atoms with Crippen LogP contribution in [0.5, 0.6) is 5.75 Å². The molecule has 0 aliphatic carbocycles. The third-order valence-corrected chi connectivity index (χ3v) is 7.39. The number of benzene rings is 1. The first-order valence-electron chi connectivity index (χ1n) is 12.4. The summed E-state index contributed by atoms with van der Waals surface area (Å²) in [6.45, 7) is 25.3. The van der Waals surface area contributed by atoms with Gasteiger partial charge in [-0.25, -0.2) is 0 Å². The molecule has 0 radical (unpaired) electrons. The molecule has 0 bridgehead atoms. The van der Waals surface area contributed by atoms with Crippen LogP contribution in [0.15, 0.2) is 36.2 Å². The lowest BCUT2D eigenvalue weighted by molar-refractivity contribution is 0.416. The molecule has 0 N–H and O–H groups in total. The molecular weight excluding hydrogens is 407 g/mol. The van der Waals surface area contributed by atoms with Crippen LogP contribution in [-0.4, -0.2) is 5.48 Å². The van der Waals surface area contributed by atoms with Gasteiger partial charge in [0.2, 0.25) is 0 Å². The molecule has 0 fully saturated rings. The van der Waals surface area contributed by atoms with Crippen LogP contribution in [-0.2, 0) is 16.2 Å². The summed E-state index contributed by atoms with van der Waals surface area (Å²) in [5.74, 6) is 3.35. The third kappa shape index (κ3) is 6.60. The molecule has 1 aliphatic heterocycles. The van der Waals surface area contributed by atoms with Gasteiger partial charge in [0.15, 0.2) is 5.48 Å². The predicted molar refractivity (Wildman–Crippen MR) is 146 cm³/mol. The SMILES string of the molecule is CCCCC1(CC)C=CP=C(Oc2c(C(C)(C)C)cc(C(C)(C)C)cc2C(C)(C)C)C=C1. The number of ether oxygens (including phenoxy) is 1. The van der Waals surface area contributed by atoms with Gasteiger partial charge in [0.1, 0.15) is 5.75 Å². The van der Waals surface area contributed by atoms with Gasteiger partial charge < -0.3 is 4.74 Å². The number of hydrogen-bond donors (Lipinski definition) is 0. The maximum Gasteiger partial charge on any atom is 0.153 e. The summed E-state index contributed by atoms with van der Waals surface area (Å²) in [5.41, 5.74) is 5.23. The zero-order chi connectivity index (χ0) is 24.4. The Labute approximate surface area is 200 Å². The molecule has 32 heavy (non-hydrogen) atoms. The van der Waals surface area contributed by atoms with Crippen molar-refractivity contribution >= 4 is 13.7 Å². The molecule has 1 aromatic carbocycles. The summed E-state index contributed by atoms with van der Waals surface area (Å²) in [7, 11) is 1.13. The van der Waals surface area contributed by atoms with Crippen LogP contribution in [0.2, 0.25) is 0 Å². The highest BCUT2D eigenvalue weighted by Crippen LogP contribution is 2.44. The molecular formula is C30H47OP. The summed E-state index contributed by atoms with van der Waals surface area (Å²) in [6, 6.07) is 4.77. The Morgan fingerprint density at radius 1 is 0.812 bits per heavy atom. The fraction of sp³-hybridized carbons (Fsp3) is 0.633. The van der Waals surface area contributed by atoms with Gasteiger partial charge in [-0.3, -0.25) is 0 Å². The number of unbranched alkanes of at least 4 members (excludes halogenated alkanes) is 1. The van der Waals surface area contributed by atoms with E-state index in [1.165, 1.54) is 36.0 Å². The average Bonchev–Trinajstić information content (AvgIpc) is 2.86. The Hall–Kier alpha value is -1.33. The molecule has 0 saturated carbocycles. The van der Waals surface area contributed by atoms with Gasteiger partial charge in [0.25, 0.3) is 0 Å². The minimum atomic E-state index is -0.00731. The van der Waals surface area contributed by atoms with Crippen molar-refractivity contribution in [1.82, 2.24) is 0 Å². The first-order chi connectivity index (χ1) is 14.6. The van der Waals surface area contributed by atoms with Crippen LogP contribution in [0.1, 0.15) is 119 Å². The van der Waals surface area contributed by atoms with Crippen molar-refractivity contribution in [2.75, 3.05) is 0 Å². The first-order valence-corrected chi connectivity index (χ1v) is 13.4. The second kappa shape index (κ2) is 9.89. The second-order valence-electron chi connectivity index (χ2n) is 12.6. The van der Waals surface area contributed by atoms with Crippen LogP contribution in [0.4, 0.5) is 0 Å². The van der Waals surface area contributed by atoms with Crippen LogP contribution >= 0.6 is 8.20 Å². The van der Waals surface area contributed by atoms with Crippen LogP contribution < -0.4 is 4.74 Å². The van der Waals surface area contributed by atoms with E-state index in [1.807, 2.05) is 0 Å². The van der Waals surface area contributed by atoms with Gasteiger partial charge in [0.05, 0.1) is 0 Å². The van der Waals surface area contributed by atoms with E-state index in [-0.39, 0.29) is 21.7 Å². The zero-order valence-electron chi connectivity index (χ0n) is 22.6. The predicted octanol–water partition coefficient (Wildman–Crippen LogP) is 9.70. The normalized spacial score (nSPS) is 20.2. The maximum atomic E-state index is 6.83. The summed E-state index contributed by atoms with van der Waals surface area (Å²) in [6.07, 6.45) is 11.9. The van der Waals surface area contributed by atoms with Gasteiger partial charge >= 0.3 is 0 Å². The lowest BCUT2D eigenvalue weighted by atomic mass is 9.74. The molecule has 0 saturated heterocycles. The molecule has 0 amide bonds. The Balaban J connectivity index is 2.60. The smallest absolute Gasteiger partial charge is 0.153 e. The molecule has 1 unspecified atom stereocenters. The highest BCUT2D eigenvalue weighted by atomic mass is 31.1. The van der Waals surface area contributed by atoms with Crippen molar-refractivity contribution in [3.8, 4) is 5.75 Å². The lowest BCUT2D eigenvalue weighted by Gasteiger charge is -2.33. The number of allylic oxidation sites excluding steroid dienone is 2. The monoisotopic (exact) mass is 454 g/mol. The number of hydrogen-bond acceptors (Lipinski definition) is 1. The highest BCUT2D eigenvalue weighted by Gasteiger charge is 2.31. The Kier molecular flexibility index (Phi) is 8.32. The standard InChI is InChI=1S/C30H47OP/c1-12-14-16-30(13-2)17-15-25(32-19-18-30)31-26-23(28(6,7)8)20-22(27(3,4)5)21-24(26)29(9,10)11/h15,17-21H,12-14,16H2,1-11H3.